The van der Waals surface area contributed by atoms with Crippen LogP contribution in [0.5, 0.6) is 0 Å². The van der Waals surface area contributed by atoms with Gasteiger partial charge < -0.3 is 4.74 Å². The van der Waals surface area contributed by atoms with E-state index in [1.165, 1.54) is 43.9 Å². The van der Waals surface area contributed by atoms with Crippen LogP contribution in [0.15, 0.2) is 138 Å². The second-order valence-corrected chi connectivity index (χ2v) is 13.1. The van der Waals surface area contributed by atoms with E-state index in [-0.39, 0.29) is 12.0 Å². The van der Waals surface area contributed by atoms with Crippen molar-refractivity contribution in [3.05, 3.63) is 172 Å². The first-order valence-corrected chi connectivity index (χ1v) is 17.1. The van der Waals surface area contributed by atoms with E-state index >= 15 is 0 Å². The van der Waals surface area contributed by atoms with Gasteiger partial charge in [0, 0.05) is 23.0 Å². The monoisotopic (exact) mass is 611 g/mol. The summed E-state index contributed by atoms with van der Waals surface area (Å²) in [6, 6.07) is 19.4. The van der Waals surface area contributed by atoms with Gasteiger partial charge in [0.1, 0.15) is 17.7 Å². The second kappa shape index (κ2) is 11.9. The highest BCUT2D eigenvalue weighted by molar-refractivity contribution is 5.77. The van der Waals surface area contributed by atoms with Gasteiger partial charge in [-0.2, -0.15) is 0 Å². The third-order valence-electron chi connectivity index (χ3n) is 10.3. The van der Waals surface area contributed by atoms with Gasteiger partial charge in [-0.15, -0.1) is 0 Å². The molecular weight excluding hydrogens is 574 g/mol. The highest BCUT2D eigenvalue weighted by Crippen LogP contribution is 2.43. The van der Waals surface area contributed by atoms with Crippen LogP contribution in [0, 0.1) is 5.92 Å². The van der Waals surface area contributed by atoms with E-state index in [1.807, 2.05) is 0 Å². The minimum Gasteiger partial charge on any atom is -0.485 e. The molecule has 0 saturated heterocycles. The molecule has 0 bridgehead atoms. The Balaban J connectivity index is 1.13. The summed E-state index contributed by atoms with van der Waals surface area (Å²) in [5, 5.41) is 2.54. The van der Waals surface area contributed by atoms with Gasteiger partial charge in [-0.05, 0) is 95.4 Å². The number of rotatable bonds is 5. The maximum absolute atomic E-state index is 6.44. The average molecular weight is 612 g/mol. The van der Waals surface area contributed by atoms with E-state index < -0.39 is 0 Å². The maximum Gasteiger partial charge on any atom is 0.163 e. The van der Waals surface area contributed by atoms with E-state index in [0.717, 1.165) is 73.8 Å². The highest BCUT2D eigenvalue weighted by atomic mass is 16.5. The number of nitrogens with zero attached hydrogens (tertiary/aromatic N) is 3. The summed E-state index contributed by atoms with van der Waals surface area (Å²) in [5.74, 6) is 4.02. The Labute approximate surface area is 276 Å². The predicted molar refractivity (Wildman–Crippen MR) is 189 cm³/mol. The van der Waals surface area contributed by atoms with Crippen molar-refractivity contribution in [1.29, 1.82) is 0 Å². The molecule has 2 heterocycles. The van der Waals surface area contributed by atoms with Crippen LogP contribution in [0.2, 0.25) is 0 Å². The molecule has 0 N–H and O–H groups in total. The van der Waals surface area contributed by atoms with Crippen LogP contribution in [0.4, 0.5) is 0 Å². The van der Waals surface area contributed by atoms with Crippen molar-refractivity contribution in [3.63, 3.8) is 0 Å². The van der Waals surface area contributed by atoms with Gasteiger partial charge in [-0.25, -0.2) is 15.0 Å². The van der Waals surface area contributed by atoms with Crippen molar-refractivity contribution >= 4 is 22.3 Å². The lowest BCUT2D eigenvalue weighted by Gasteiger charge is -2.23. The Morgan fingerprint density at radius 3 is 2.30 bits per heavy atom. The van der Waals surface area contributed by atoms with Crippen LogP contribution in [0.1, 0.15) is 73.9 Å². The molecule has 5 aliphatic carbocycles. The van der Waals surface area contributed by atoms with E-state index in [9.17, 15) is 0 Å². The largest absolute Gasteiger partial charge is 0.485 e. The van der Waals surface area contributed by atoms with E-state index in [1.54, 1.807) is 0 Å². The van der Waals surface area contributed by atoms with E-state index in [2.05, 4.69) is 121 Å². The number of hydrogen-bond donors (Lipinski definition) is 0. The fourth-order valence-electron chi connectivity index (χ4n) is 7.91. The van der Waals surface area contributed by atoms with Crippen LogP contribution in [0.25, 0.3) is 22.3 Å². The molecule has 0 fully saturated rings. The van der Waals surface area contributed by atoms with Gasteiger partial charge in [0.05, 0.1) is 0 Å². The van der Waals surface area contributed by atoms with Gasteiger partial charge in [0.15, 0.2) is 11.6 Å². The average Bonchev–Trinajstić information content (AvgIpc) is 3.53. The number of allylic oxidation sites excluding steroid dienone is 12. The molecule has 47 heavy (non-hydrogen) atoms. The van der Waals surface area contributed by atoms with E-state index in [4.69, 9.17) is 19.7 Å². The molecule has 0 amide bonds. The summed E-state index contributed by atoms with van der Waals surface area (Å²) in [4.78, 5) is 15.5. The lowest BCUT2D eigenvalue weighted by atomic mass is 9.81. The molecular formula is C43H37N3O. The molecule has 4 nitrogen and oxygen atoms in total. The van der Waals surface area contributed by atoms with Gasteiger partial charge in [0.25, 0.3) is 0 Å². The van der Waals surface area contributed by atoms with Gasteiger partial charge in [0.2, 0.25) is 0 Å². The molecule has 4 heteroatoms. The topological polar surface area (TPSA) is 47.9 Å². The van der Waals surface area contributed by atoms with Crippen LogP contribution in [-0.2, 0) is 4.74 Å². The third-order valence-corrected chi connectivity index (χ3v) is 10.3. The number of hydrogen-bond acceptors (Lipinski definition) is 4. The fourth-order valence-corrected chi connectivity index (χ4v) is 7.91. The van der Waals surface area contributed by atoms with Crippen LogP contribution < -0.4 is 10.4 Å². The Hall–Kier alpha value is -5.09. The van der Waals surface area contributed by atoms with Crippen molar-refractivity contribution in [2.45, 2.75) is 57.0 Å². The quantitative estimate of drug-likeness (QED) is 0.294. The van der Waals surface area contributed by atoms with Gasteiger partial charge >= 0.3 is 0 Å². The zero-order valence-electron chi connectivity index (χ0n) is 26.5. The molecule has 1 aromatic heterocycles. The van der Waals surface area contributed by atoms with Crippen molar-refractivity contribution in [2.24, 2.45) is 5.92 Å². The van der Waals surface area contributed by atoms with Crippen molar-refractivity contribution in [3.8, 4) is 0 Å². The molecule has 6 aliphatic rings. The molecule has 0 spiro atoms. The molecule has 2 aromatic carbocycles. The normalized spacial score (nSPS) is 24.3. The summed E-state index contributed by atoms with van der Waals surface area (Å²) in [6.07, 6.45) is 31.6. The Bertz CT molecular complexity index is 2150. The van der Waals surface area contributed by atoms with Crippen molar-refractivity contribution < 1.29 is 4.74 Å². The van der Waals surface area contributed by atoms with Gasteiger partial charge in [-0.1, -0.05) is 109 Å². The van der Waals surface area contributed by atoms with Crippen LogP contribution in [-0.4, -0.2) is 21.1 Å². The first kappa shape index (κ1) is 28.2. The first-order valence-electron chi connectivity index (χ1n) is 17.1. The molecule has 9 rings (SSSR count). The molecule has 3 aromatic rings. The molecule has 3 atom stereocenters. The molecule has 0 saturated carbocycles. The molecule has 0 radical (unpaired) electrons. The number of aromatic nitrogens is 3. The van der Waals surface area contributed by atoms with E-state index in [0.29, 0.717) is 5.92 Å². The summed E-state index contributed by atoms with van der Waals surface area (Å²) in [7, 11) is 0. The molecule has 1 aliphatic heterocycles. The Kier molecular flexibility index (Phi) is 7.15. The zero-order valence-corrected chi connectivity index (χ0v) is 26.5. The number of benzene rings is 2. The lowest BCUT2D eigenvalue weighted by molar-refractivity contribution is 0.173. The van der Waals surface area contributed by atoms with Gasteiger partial charge in [-0.3, -0.25) is 0 Å². The predicted octanol–water partition coefficient (Wildman–Crippen LogP) is 7.99. The summed E-state index contributed by atoms with van der Waals surface area (Å²) < 4.78 is 6.44. The van der Waals surface area contributed by atoms with Crippen molar-refractivity contribution in [2.75, 3.05) is 0 Å². The summed E-state index contributed by atoms with van der Waals surface area (Å²) in [5.41, 5.74) is 9.09. The lowest BCUT2D eigenvalue weighted by Crippen LogP contribution is -2.33. The third kappa shape index (κ3) is 5.22. The Morgan fingerprint density at radius 2 is 1.47 bits per heavy atom. The first-order chi connectivity index (χ1) is 23.3. The molecule has 3 unspecified atom stereocenters. The van der Waals surface area contributed by atoms with Crippen LogP contribution in [0.3, 0.4) is 0 Å². The maximum atomic E-state index is 6.44. The minimum absolute atomic E-state index is 0.104. The number of ether oxygens (including phenoxy) is 1. The summed E-state index contributed by atoms with van der Waals surface area (Å²) in [6.45, 7) is 0. The van der Waals surface area contributed by atoms with Crippen molar-refractivity contribution in [1.82, 2.24) is 15.0 Å². The van der Waals surface area contributed by atoms with Crippen LogP contribution >= 0.6 is 0 Å². The summed E-state index contributed by atoms with van der Waals surface area (Å²) >= 11 is 0. The Morgan fingerprint density at radius 1 is 0.660 bits per heavy atom. The second-order valence-electron chi connectivity index (χ2n) is 13.1. The fraction of sp³-hybridized carbons (Fsp3) is 0.233. The molecule has 230 valence electrons. The standard InChI is InChI=1S/C43H37N3O/c1-3-11-28(12-4-1)29-19-21-31(22-20-29)42-44-41(30-13-5-2-6-14-30)45-43(46-42)38-26-25-33(34-15-7-8-16-35(34)38)32-23-24-37-36-17-9-10-18-39(36)47-40(37)27-32/h1,3-5,7-21,27,31,36,39H,2,6,22-26H2. The SMILES string of the molecule is C1=CC2OC3=C(CCC(C4=c5ccccc5=C(c5nc(C6=CCCC=C6)nc(C6C=CC(c7ccccc7)=CC6)n5)CC4)=C3)C2C=C1. The minimum atomic E-state index is 0.104. The zero-order chi connectivity index (χ0) is 31.2. The highest BCUT2D eigenvalue weighted by Gasteiger charge is 2.35. The smallest absolute Gasteiger partial charge is 0.163 e. The number of fused-ring (bicyclic) bond motifs is 3.